The van der Waals surface area contributed by atoms with E-state index in [2.05, 4.69) is 17.4 Å². The van der Waals surface area contributed by atoms with Gasteiger partial charge in [0.15, 0.2) is 0 Å². The first kappa shape index (κ1) is 20.4. The topological polar surface area (TPSA) is 58.6 Å². The average Bonchev–Trinajstić information content (AvgIpc) is 2.89. The van der Waals surface area contributed by atoms with E-state index in [-0.39, 0.29) is 5.91 Å². The second kappa shape index (κ2) is 8.48. The van der Waals surface area contributed by atoms with E-state index in [4.69, 9.17) is 4.74 Å². The first-order valence-corrected chi connectivity index (χ1v) is 10.1. The van der Waals surface area contributed by atoms with Crippen molar-refractivity contribution in [3.8, 4) is 11.1 Å². The Kier molecular flexibility index (Phi) is 5.58. The van der Waals surface area contributed by atoms with E-state index >= 15 is 0 Å². The number of carbonyl (C=O) groups excluding carboxylic acids is 2. The lowest BCUT2D eigenvalue weighted by molar-refractivity contribution is -0.118. The van der Waals surface area contributed by atoms with Gasteiger partial charge in [0, 0.05) is 12.6 Å². The van der Waals surface area contributed by atoms with E-state index in [0.717, 1.165) is 33.5 Å². The Balaban J connectivity index is 1.82. The quantitative estimate of drug-likeness (QED) is 0.643. The summed E-state index contributed by atoms with van der Waals surface area (Å²) in [5, 5.41) is 2.83. The zero-order chi connectivity index (χ0) is 22.0. The summed E-state index contributed by atoms with van der Waals surface area (Å²) in [5.41, 5.74) is 5.94. The molecule has 2 amide bonds. The number of fused-ring (bicyclic) bond motifs is 1. The second-order valence-corrected chi connectivity index (χ2v) is 7.51. The summed E-state index contributed by atoms with van der Waals surface area (Å²) in [7, 11) is 3.09. The van der Waals surface area contributed by atoms with Crippen molar-refractivity contribution in [1.29, 1.82) is 0 Å². The molecule has 0 aliphatic carbocycles. The van der Waals surface area contributed by atoms with Crippen molar-refractivity contribution in [3.05, 3.63) is 95.6 Å². The zero-order valence-electron chi connectivity index (χ0n) is 17.8. The minimum absolute atomic E-state index is 0.0564. The van der Waals surface area contributed by atoms with Crippen LogP contribution in [0.5, 0.6) is 0 Å². The highest BCUT2D eigenvalue weighted by Crippen LogP contribution is 2.39. The molecule has 4 rings (SSSR count). The summed E-state index contributed by atoms with van der Waals surface area (Å²) in [6.45, 7) is 1.88. The number of nitrogens with zero attached hydrogens (tertiary/aromatic N) is 1. The van der Waals surface area contributed by atoms with Crippen molar-refractivity contribution in [3.63, 3.8) is 0 Å². The number of ether oxygens (including phenoxy) is 1. The van der Waals surface area contributed by atoms with Crippen LogP contribution in [0.25, 0.3) is 16.8 Å². The maximum Gasteiger partial charge on any atom is 0.411 e. The van der Waals surface area contributed by atoms with Crippen LogP contribution >= 0.6 is 0 Å². The number of hydrogen-bond donors (Lipinski definition) is 1. The fourth-order valence-corrected chi connectivity index (χ4v) is 4.04. The standard InChI is InChI=1S/C26H24N2O3/c1-17-23(20-15-13-19(14-16-20)18-9-5-4-6-10-18)25(29)28(2)22-12-8-7-11-21(22)24(17)27-26(30)31-3/h4-16,23H,1-3H3,(H,27,30). The predicted molar refractivity (Wildman–Crippen MR) is 123 cm³/mol. The number of benzene rings is 3. The number of nitrogens with one attached hydrogen (secondary N) is 1. The molecule has 0 saturated heterocycles. The molecule has 0 radical (unpaired) electrons. The van der Waals surface area contributed by atoms with Crippen LogP contribution in [0.4, 0.5) is 10.5 Å². The monoisotopic (exact) mass is 412 g/mol. The maximum absolute atomic E-state index is 13.5. The lowest BCUT2D eigenvalue weighted by Crippen LogP contribution is -2.31. The van der Waals surface area contributed by atoms with Gasteiger partial charge >= 0.3 is 6.09 Å². The molecule has 156 valence electrons. The fraction of sp³-hybridized carbons (Fsp3) is 0.154. The van der Waals surface area contributed by atoms with Crippen molar-refractivity contribution >= 4 is 23.4 Å². The highest BCUT2D eigenvalue weighted by Gasteiger charge is 2.34. The van der Waals surface area contributed by atoms with Gasteiger partial charge in [0.2, 0.25) is 5.91 Å². The Labute approximate surface area is 182 Å². The largest absolute Gasteiger partial charge is 0.453 e. The number of anilines is 1. The van der Waals surface area contributed by atoms with Gasteiger partial charge in [-0.2, -0.15) is 0 Å². The number of alkyl carbamates (subject to hydrolysis) is 1. The summed E-state index contributed by atoms with van der Waals surface area (Å²) in [4.78, 5) is 27.3. The summed E-state index contributed by atoms with van der Waals surface area (Å²) in [6.07, 6.45) is -0.570. The number of likely N-dealkylation sites (N-methyl/N-ethyl adjacent to an activating group) is 1. The minimum Gasteiger partial charge on any atom is -0.453 e. The van der Waals surface area contributed by atoms with Crippen LogP contribution in [0.3, 0.4) is 0 Å². The third kappa shape index (κ3) is 3.82. The van der Waals surface area contributed by atoms with Crippen molar-refractivity contribution in [1.82, 2.24) is 5.32 Å². The number of amides is 2. The molecule has 0 bridgehead atoms. The zero-order valence-corrected chi connectivity index (χ0v) is 17.8. The molecule has 1 unspecified atom stereocenters. The summed E-state index contributed by atoms with van der Waals surface area (Å²) >= 11 is 0. The lowest BCUT2D eigenvalue weighted by Gasteiger charge is -2.23. The molecular weight excluding hydrogens is 388 g/mol. The van der Waals surface area contributed by atoms with E-state index in [1.165, 1.54) is 7.11 Å². The molecule has 31 heavy (non-hydrogen) atoms. The SMILES string of the molecule is COC(=O)NC1=C(C)C(c2ccc(-c3ccccc3)cc2)C(=O)N(C)c2ccccc21. The first-order valence-electron chi connectivity index (χ1n) is 10.1. The highest BCUT2D eigenvalue weighted by molar-refractivity contribution is 6.06. The Morgan fingerprint density at radius 3 is 2.19 bits per heavy atom. The molecule has 1 atom stereocenters. The normalized spacial score (nSPS) is 15.9. The minimum atomic E-state index is -0.570. The first-order chi connectivity index (χ1) is 15.0. The third-order valence-electron chi connectivity index (χ3n) is 5.70. The molecular formula is C26H24N2O3. The maximum atomic E-state index is 13.5. The van der Waals surface area contributed by atoms with Crippen LogP contribution in [0.15, 0.2) is 84.4 Å². The third-order valence-corrected chi connectivity index (χ3v) is 5.70. The molecule has 0 fully saturated rings. The summed E-state index contributed by atoms with van der Waals surface area (Å²) < 4.78 is 4.83. The van der Waals surface area contributed by atoms with Crippen molar-refractivity contribution in [2.75, 3.05) is 19.1 Å². The molecule has 3 aromatic carbocycles. The molecule has 5 nitrogen and oxygen atoms in total. The van der Waals surface area contributed by atoms with Gasteiger partial charge in [-0.3, -0.25) is 10.1 Å². The predicted octanol–water partition coefficient (Wildman–Crippen LogP) is 5.20. The smallest absolute Gasteiger partial charge is 0.411 e. The van der Waals surface area contributed by atoms with Crippen LogP contribution in [0.1, 0.15) is 24.0 Å². The van der Waals surface area contributed by atoms with Gasteiger partial charge in [-0.15, -0.1) is 0 Å². The van der Waals surface area contributed by atoms with Gasteiger partial charge in [-0.05, 0) is 35.3 Å². The van der Waals surface area contributed by atoms with Gasteiger partial charge in [0.1, 0.15) is 0 Å². The Morgan fingerprint density at radius 2 is 1.52 bits per heavy atom. The van der Waals surface area contributed by atoms with Gasteiger partial charge in [-0.25, -0.2) is 4.79 Å². The number of methoxy groups -OCH3 is 1. The van der Waals surface area contributed by atoms with Crippen LogP contribution < -0.4 is 10.2 Å². The van der Waals surface area contributed by atoms with Gasteiger partial charge < -0.3 is 9.64 Å². The van der Waals surface area contributed by atoms with Crippen LogP contribution in [0, 0.1) is 0 Å². The van der Waals surface area contributed by atoms with E-state index < -0.39 is 12.0 Å². The molecule has 1 aliphatic rings. The molecule has 0 spiro atoms. The van der Waals surface area contributed by atoms with Gasteiger partial charge in [-0.1, -0.05) is 72.8 Å². The highest BCUT2D eigenvalue weighted by atomic mass is 16.5. The van der Waals surface area contributed by atoms with Gasteiger partial charge in [0.25, 0.3) is 0 Å². The summed E-state index contributed by atoms with van der Waals surface area (Å²) in [5.74, 6) is -0.589. The Hall–Kier alpha value is -3.86. The summed E-state index contributed by atoms with van der Waals surface area (Å²) in [6, 6.07) is 25.6. The Bertz CT molecular complexity index is 1150. The number of hydrogen-bond acceptors (Lipinski definition) is 3. The van der Waals surface area contributed by atoms with Crippen molar-refractivity contribution in [2.45, 2.75) is 12.8 Å². The average molecular weight is 412 g/mol. The molecule has 1 N–H and O–H groups in total. The van der Waals surface area contributed by atoms with E-state index in [1.807, 2.05) is 73.7 Å². The van der Waals surface area contributed by atoms with E-state index in [9.17, 15) is 9.59 Å². The fourth-order valence-electron chi connectivity index (χ4n) is 4.04. The Morgan fingerprint density at radius 1 is 0.903 bits per heavy atom. The molecule has 1 heterocycles. The molecule has 3 aromatic rings. The van der Waals surface area contributed by atoms with E-state index in [0.29, 0.717) is 5.70 Å². The van der Waals surface area contributed by atoms with Crippen molar-refractivity contribution in [2.24, 2.45) is 0 Å². The van der Waals surface area contributed by atoms with Gasteiger partial charge in [0.05, 0.1) is 24.4 Å². The van der Waals surface area contributed by atoms with Crippen LogP contribution in [-0.4, -0.2) is 26.2 Å². The van der Waals surface area contributed by atoms with Crippen LogP contribution in [0.2, 0.25) is 0 Å². The molecule has 0 saturated carbocycles. The molecule has 5 heteroatoms. The van der Waals surface area contributed by atoms with Crippen LogP contribution in [-0.2, 0) is 9.53 Å². The van der Waals surface area contributed by atoms with Crippen molar-refractivity contribution < 1.29 is 14.3 Å². The number of rotatable bonds is 3. The number of para-hydroxylation sites is 1. The second-order valence-electron chi connectivity index (χ2n) is 7.51. The molecule has 0 aromatic heterocycles. The number of carbonyl (C=O) groups is 2. The van der Waals surface area contributed by atoms with E-state index in [1.54, 1.807) is 11.9 Å². The molecule has 1 aliphatic heterocycles. The lowest BCUT2D eigenvalue weighted by atomic mass is 9.88.